The number of thiophene rings is 1. The van der Waals surface area contributed by atoms with E-state index in [4.69, 9.17) is 15.0 Å². The van der Waals surface area contributed by atoms with E-state index >= 15 is 0 Å². The second-order valence-electron chi connectivity index (χ2n) is 4.21. The maximum absolute atomic E-state index is 5.98. The Bertz CT molecular complexity index is 798. The Kier molecular flexibility index (Phi) is 4.05. The molecule has 1 aromatic carbocycles. The van der Waals surface area contributed by atoms with Crippen LogP contribution in [0.15, 0.2) is 42.4 Å². The highest BCUT2D eigenvalue weighted by Crippen LogP contribution is 2.45. The first-order chi connectivity index (χ1) is 10.1. The fraction of sp³-hybridized carbons (Fsp3) is 0.0714. The lowest BCUT2D eigenvalue weighted by Crippen LogP contribution is -1.91. The third-order valence-electron chi connectivity index (χ3n) is 3.01. The monoisotopic (exact) mass is 428 g/mol. The van der Waals surface area contributed by atoms with Gasteiger partial charge in [0.25, 0.3) is 0 Å². The van der Waals surface area contributed by atoms with Gasteiger partial charge in [-0.25, -0.2) is 0 Å². The zero-order valence-corrected chi connectivity index (χ0v) is 14.9. The van der Waals surface area contributed by atoms with Crippen molar-refractivity contribution < 1.29 is 9.26 Å². The van der Waals surface area contributed by atoms with Crippen molar-refractivity contribution in [3.05, 3.63) is 37.9 Å². The Hall–Kier alpha value is -1.31. The first-order valence-corrected chi connectivity index (χ1v) is 8.35. The van der Waals surface area contributed by atoms with Gasteiger partial charge < -0.3 is 15.0 Å². The van der Waals surface area contributed by atoms with Gasteiger partial charge in [0.15, 0.2) is 0 Å². The van der Waals surface area contributed by atoms with Crippen molar-refractivity contribution in [1.82, 2.24) is 5.16 Å². The van der Waals surface area contributed by atoms with Gasteiger partial charge in [-0.15, -0.1) is 11.3 Å². The quantitative estimate of drug-likeness (QED) is 0.622. The molecule has 0 fully saturated rings. The molecule has 0 atom stereocenters. The summed E-state index contributed by atoms with van der Waals surface area (Å²) in [4.78, 5) is 0. The second kappa shape index (κ2) is 5.82. The normalized spacial score (nSPS) is 10.8. The summed E-state index contributed by atoms with van der Waals surface area (Å²) in [7, 11) is 1.62. The van der Waals surface area contributed by atoms with Gasteiger partial charge in [-0.3, -0.25) is 0 Å². The summed E-state index contributed by atoms with van der Waals surface area (Å²) < 4.78 is 12.6. The standard InChI is InChI=1S/C14H10Br2N2O2S/c1-19-9-5-3-2-4-7(9)11-12(18-20-14(11)17)8-6-10(15)21-13(8)16/h2-6H,17H2,1H3. The highest BCUT2D eigenvalue weighted by molar-refractivity contribution is 9.12. The predicted octanol–water partition coefficient (Wildman–Crippen LogP) is 5.19. The molecule has 3 aromatic rings. The number of anilines is 1. The number of hydrogen-bond acceptors (Lipinski definition) is 5. The zero-order chi connectivity index (χ0) is 15.0. The van der Waals surface area contributed by atoms with Crippen molar-refractivity contribution >= 4 is 49.1 Å². The minimum absolute atomic E-state index is 0.267. The van der Waals surface area contributed by atoms with E-state index in [1.807, 2.05) is 30.3 Å². The average Bonchev–Trinajstić information content (AvgIpc) is 3.01. The molecular weight excluding hydrogens is 420 g/mol. The van der Waals surface area contributed by atoms with Crippen molar-refractivity contribution in [2.45, 2.75) is 0 Å². The van der Waals surface area contributed by atoms with E-state index in [1.165, 1.54) is 0 Å². The fourth-order valence-electron chi connectivity index (χ4n) is 2.10. The molecule has 0 spiro atoms. The van der Waals surface area contributed by atoms with Gasteiger partial charge in [0.05, 0.1) is 20.2 Å². The van der Waals surface area contributed by atoms with Gasteiger partial charge in [-0.05, 0) is 44.0 Å². The topological polar surface area (TPSA) is 61.3 Å². The largest absolute Gasteiger partial charge is 0.496 e. The molecule has 0 amide bonds. The summed E-state index contributed by atoms with van der Waals surface area (Å²) in [6.07, 6.45) is 0. The number of rotatable bonds is 3. The third-order valence-corrected chi connectivity index (χ3v) is 5.35. The summed E-state index contributed by atoms with van der Waals surface area (Å²) in [5, 5.41) is 4.11. The number of methoxy groups -OCH3 is 1. The Balaban J connectivity index is 2.25. The smallest absolute Gasteiger partial charge is 0.230 e. The van der Waals surface area contributed by atoms with Crippen molar-refractivity contribution in [3.8, 4) is 28.1 Å². The van der Waals surface area contributed by atoms with Crippen LogP contribution in [0.4, 0.5) is 5.88 Å². The number of aromatic nitrogens is 1. The van der Waals surface area contributed by atoms with Crippen LogP contribution in [0.5, 0.6) is 5.75 Å². The number of nitrogens with two attached hydrogens (primary N) is 1. The van der Waals surface area contributed by atoms with Gasteiger partial charge >= 0.3 is 0 Å². The van der Waals surface area contributed by atoms with Gasteiger partial charge in [-0.1, -0.05) is 23.4 Å². The van der Waals surface area contributed by atoms with Crippen molar-refractivity contribution in [3.63, 3.8) is 0 Å². The van der Waals surface area contributed by atoms with Gasteiger partial charge in [0, 0.05) is 11.1 Å². The van der Waals surface area contributed by atoms with E-state index in [0.717, 1.165) is 30.0 Å². The van der Waals surface area contributed by atoms with Crippen LogP contribution in [0.3, 0.4) is 0 Å². The first-order valence-electron chi connectivity index (χ1n) is 5.95. The molecule has 0 aliphatic carbocycles. The number of nitrogen functional groups attached to an aromatic ring is 1. The fourth-order valence-corrected chi connectivity index (χ4v) is 4.90. The second-order valence-corrected chi connectivity index (χ2v) is 7.96. The Morgan fingerprint density at radius 3 is 2.67 bits per heavy atom. The molecule has 4 nitrogen and oxygen atoms in total. The summed E-state index contributed by atoms with van der Waals surface area (Å²) in [6, 6.07) is 9.62. The van der Waals surface area contributed by atoms with Crippen LogP contribution in [0.1, 0.15) is 0 Å². The summed E-state index contributed by atoms with van der Waals surface area (Å²) >= 11 is 8.58. The van der Waals surface area contributed by atoms with Crippen LogP contribution in [-0.2, 0) is 0 Å². The third kappa shape index (κ3) is 2.61. The van der Waals surface area contributed by atoms with Crippen molar-refractivity contribution in [2.75, 3.05) is 12.8 Å². The summed E-state index contributed by atoms with van der Waals surface area (Å²) in [6.45, 7) is 0. The number of nitrogens with zero attached hydrogens (tertiary/aromatic N) is 1. The lowest BCUT2D eigenvalue weighted by molar-refractivity contribution is 0.416. The summed E-state index contributed by atoms with van der Waals surface area (Å²) in [5.41, 5.74) is 9.18. The van der Waals surface area contributed by atoms with Crippen molar-refractivity contribution in [1.29, 1.82) is 0 Å². The van der Waals surface area contributed by atoms with Gasteiger partial charge in [0.1, 0.15) is 11.4 Å². The molecule has 0 saturated heterocycles. The Labute approximate surface area is 142 Å². The van der Waals surface area contributed by atoms with Crippen LogP contribution < -0.4 is 10.5 Å². The molecule has 21 heavy (non-hydrogen) atoms. The molecule has 2 aromatic heterocycles. The predicted molar refractivity (Wildman–Crippen MR) is 91.6 cm³/mol. The number of para-hydroxylation sites is 1. The highest BCUT2D eigenvalue weighted by Gasteiger charge is 2.23. The molecule has 7 heteroatoms. The molecule has 0 aliphatic heterocycles. The van der Waals surface area contributed by atoms with Crippen LogP contribution in [0.25, 0.3) is 22.4 Å². The van der Waals surface area contributed by atoms with Gasteiger partial charge in [-0.2, -0.15) is 0 Å². The molecule has 2 N–H and O–H groups in total. The van der Waals surface area contributed by atoms with Crippen LogP contribution >= 0.6 is 43.2 Å². The van der Waals surface area contributed by atoms with Crippen LogP contribution in [-0.4, -0.2) is 12.3 Å². The van der Waals surface area contributed by atoms with Crippen LogP contribution in [0, 0.1) is 0 Å². The minimum atomic E-state index is 0.267. The molecule has 0 bridgehead atoms. The van der Waals surface area contributed by atoms with E-state index in [9.17, 15) is 0 Å². The van der Waals surface area contributed by atoms with E-state index in [-0.39, 0.29) is 5.88 Å². The molecule has 2 heterocycles. The Morgan fingerprint density at radius 1 is 1.24 bits per heavy atom. The van der Waals surface area contributed by atoms with Gasteiger partial charge in [0.2, 0.25) is 5.88 Å². The van der Waals surface area contributed by atoms with E-state index in [2.05, 4.69) is 37.0 Å². The molecule has 3 rings (SSSR count). The SMILES string of the molecule is COc1ccccc1-c1c(-c2cc(Br)sc2Br)noc1N. The molecule has 0 radical (unpaired) electrons. The highest BCUT2D eigenvalue weighted by atomic mass is 79.9. The minimum Gasteiger partial charge on any atom is -0.496 e. The number of hydrogen-bond donors (Lipinski definition) is 1. The number of benzene rings is 1. The lowest BCUT2D eigenvalue weighted by atomic mass is 10.0. The number of ether oxygens (including phenoxy) is 1. The molecule has 0 unspecified atom stereocenters. The van der Waals surface area contributed by atoms with E-state index in [0.29, 0.717) is 5.69 Å². The van der Waals surface area contributed by atoms with Crippen molar-refractivity contribution in [2.24, 2.45) is 0 Å². The molecule has 108 valence electrons. The average molecular weight is 430 g/mol. The molecular formula is C14H10Br2N2O2S. The zero-order valence-electron chi connectivity index (χ0n) is 10.9. The number of halogens is 2. The van der Waals surface area contributed by atoms with Crippen LogP contribution in [0.2, 0.25) is 0 Å². The molecule has 0 aliphatic rings. The lowest BCUT2D eigenvalue weighted by Gasteiger charge is -2.08. The Morgan fingerprint density at radius 2 is 2.00 bits per heavy atom. The first kappa shape index (κ1) is 14.6. The maximum atomic E-state index is 5.98. The maximum Gasteiger partial charge on any atom is 0.230 e. The molecule has 0 saturated carbocycles. The van der Waals surface area contributed by atoms with E-state index in [1.54, 1.807) is 18.4 Å². The summed E-state index contributed by atoms with van der Waals surface area (Å²) in [5.74, 6) is 0.989. The van der Waals surface area contributed by atoms with E-state index < -0.39 is 0 Å².